The lowest BCUT2D eigenvalue weighted by atomic mass is 10.0. The molecule has 2 saturated heterocycles. The molecular formula is C22H50N2. The molecule has 0 saturated carbocycles. The molecule has 2 rings (SSSR count). The second-order valence-corrected chi connectivity index (χ2v) is 7.35. The molecule has 0 amide bonds. The van der Waals surface area contributed by atoms with Gasteiger partial charge in [-0.15, -0.1) is 0 Å². The van der Waals surface area contributed by atoms with E-state index in [4.69, 9.17) is 0 Å². The first-order chi connectivity index (χ1) is 11.7. The number of rotatable bonds is 7. The molecule has 2 N–H and O–H groups in total. The SMILES string of the molecule is C1CCNC1.CC.CCCCC(C)C.CCCCCC1CCNC1. The van der Waals surface area contributed by atoms with Crippen LogP contribution < -0.4 is 10.6 Å². The van der Waals surface area contributed by atoms with Crippen molar-refractivity contribution < 1.29 is 0 Å². The standard InChI is InChI=1S/C9H19N.C7H16.C4H9N.C2H6/c1-2-3-4-5-9-6-7-10-8-9;1-4-5-6-7(2)3;1-2-4-5-3-1;1-2/h9-10H,2-8H2,1H3;7H,4-6H2,1-3H3;5H,1-4H2;1-2H3. The van der Waals surface area contributed by atoms with Gasteiger partial charge < -0.3 is 10.6 Å². The molecule has 0 bridgehead atoms. The van der Waals surface area contributed by atoms with Crippen LogP contribution in [0.25, 0.3) is 0 Å². The normalized spacial score (nSPS) is 18.9. The van der Waals surface area contributed by atoms with E-state index in [1.165, 1.54) is 90.4 Å². The van der Waals surface area contributed by atoms with Crippen molar-refractivity contribution in [2.75, 3.05) is 26.2 Å². The first-order valence-electron chi connectivity index (χ1n) is 11.1. The lowest BCUT2D eigenvalue weighted by molar-refractivity contribution is 0.495. The highest BCUT2D eigenvalue weighted by atomic mass is 14.9. The van der Waals surface area contributed by atoms with E-state index in [-0.39, 0.29) is 0 Å². The van der Waals surface area contributed by atoms with Gasteiger partial charge in [0.1, 0.15) is 0 Å². The first kappa shape index (κ1) is 26.2. The van der Waals surface area contributed by atoms with Gasteiger partial charge in [0.05, 0.1) is 0 Å². The van der Waals surface area contributed by atoms with Crippen LogP contribution in [0, 0.1) is 11.8 Å². The summed E-state index contributed by atoms with van der Waals surface area (Å²) in [5.74, 6) is 1.91. The summed E-state index contributed by atoms with van der Waals surface area (Å²) >= 11 is 0. The predicted molar refractivity (Wildman–Crippen MR) is 113 cm³/mol. The van der Waals surface area contributed by atoms with Crippen molar-refractivity contribution in [3.05, 3.63) is 0 Å². The summed E-state index contributed by atoms with van der Waals surface area (Å²) in [6, 6.07) is 0. The summed E-state index contributed by atoms with van der Waals surface area (Å²) in [6.07, 6.45) is 14.0. The van der Waals surface area contributed by atoms with Gasteiger partial charge >= 0.3 is 0 Å². The van der Waals surface area contributed by atoms with Gasteiger partial charge in [0.25, 0.3) is 0 Å². The molecule has 0 aromatic heterocycles. The summed E-state index contributed by atoms with van der Waals surface area (Å²) in [5, 5.41) is 6.62. The largest absolute Gasteiger partial charge is 0.317 e. The summed E-state index contributed by atoms with van der Waals surface area (Å²) in [5.41, 5.74) is 0. The Balaban J connectivity index is 0. The fourth-order valence-electron chi connectivity index (χ4n) is 2.88. The molecule has 2 heterocycles. The summed E-state index contributed by atoms with van der Waals surface area (Å²) < 4.78 is 0. The molecule has 2 heteroatoms. The van der Waals surface area contributed by atoms with Crippen molar-refractivity contribution in [2.24, 2.45) is 11.8 Å². The lowest BCUT2D eigenvalue weighted by Crippen LogP contribution is -2.08. The van der Waals surface area contributed by atoms with Gasteiger partial charge in [-0.25, -0.2) is 0 Å². The molecule has 0 aromatic rings. The zero-order chi connectivity index (χ0) is 18.5. The van der Waals surface area contributed by atoms with E-state index < -0.39 is 0 Å². The Morgan fingerprint density at radius 1 is 0.833 bits per heavy atom. The number of hydrogen-bond donors (Lipinski definition) is 2. The summed E-state index contributed by atoms with van der Waals surface area (Å²) in [6.45, 7) is 18.1. The number of unbranched alkanes of at least 4 members (excludes halogenated alkanes) is 3. The molecule has 0 aliphatic carbocycles. The van der Waals surface area contributed by atoms with Gasteiger partial charge in [0, 0.05) is 0 Å². The summed E-state index contributed by atoms with van der Waals surface area (Å²) in [7, 11) is 0. The van der Waals surface area contributed by atoms with Crippen LogP contribution >= 0.6 is 0 Å². The minimum atomic E-state index is 0.903. The van der Waals surface area contributed by atoms with E-state index in [1.807, 2.05) is 13.8 Å². The quantitative estimate of drug-likeness (QED) is 0.523. The van der Waals surface area contributed by atoms with Gasteiger partial charge in [-0.3, -0.25) is 0 Å². The van der Waals surface area contributed by atoms with Crippen molar-refractivity contribution in [1.82, 2.24) is 10.6 Å². The van der Waals surface area contributed by atoms with Crippen molar-refractivity contribution in [2.45, 2.75) is 106 Å². The molecule has 2 nitrogen and oxygen atoms in total. The molecule has 2 fully saturated rings. The average Bonchev–Trinajstić information content (AvgIpc) is 3.32. The molecular weight excluding hydrogens is 292 g/mol. The van der Waals surface area contributed by atoms with Gasteiger partial charge in [-0.05, 0) is 63.7 Å². The smallest absolute Gasteiger partial charge is 0.00200 e. The van der Waals surface area contributed by atoms with Crippen LogP contribution in [0.3, 0.4) is 0 Å². The molecule has 2 aliphatic heterocycles. The van der Waals surface area contributed by atoms with E-state index >= 15 is 0 Å². The Labute approximate surface area is 155 Å². The maximum absolute atomic E-state index is 3.40. The van der Waals surface area contributed by atoms with Crippen LogP contribution in [0.1, 0.15) is 106 Å². The van der Waals surface area contributed by atoms with E-state index in [9.17, 15) is 0 Å². The van der Waals surface area contributed by atoms with Crippen molar-refractivity contribution in [1.29, 1.82) is 0 Å². The molecule has 24 heavy (non-hydrogen) atoms. The second-order valence-electron chi connectivity index (χ2n) is 7.35. The van der Waals surface area contributed by atoms with Gasteiger partial charge in [0.2, 0.25) is 0 Å². The maximum atomic E-state index is 3.40. The van der Waals surface area contributed by atoms with Crippen molar-refractivity contribution >= 4 is 0 Å². The first-order valence-corrected chi connectivity index (χ1v) is 11.1. The van der Waals surface area contributed by atoms with Gasteiger partial charge in [-0.1, -0.05) is 80.1 Å². The second kappa shape index (κ2) is 22.9. The highest BCUT2D eigenvalue weighted by Gasteiger charge is 2.12. The van der Waals surface area contributed by atoms with E-state index in [0.29, 0.717) is 0 Å². The van der Waals surface area contributed by atoms with Crippen molar-refractivity contribution in [3.63, 3.8) is 0 Å². The highest BCUT2D eigenvalue weighted by molar-refractivity contribution is 4.70. The Hall–Kier alpha value is -0.0800. The minimum Gasteiger partial charge on any atom is -0.317 e. The van der Waals surface area contributed by atoms with E-state index in [1.54, 1.807) is 0 Å². The minimum absolute atomic E-state index is 0.903. The van der Waals surface area contributed by atoms with Gasteiger partial charge in [-0.2, -0.15) is 0 Å². The fraction of sp³-hybridized carbons (Fsp3) is 1.00. The summed E-state index contributed by atoms with van der Waals surface area (Å²) in [4.78, 5) is 0. The molecule has 1 atom stereocenters. The maximum Gasteiger partial charge on any atom is -0.00200 e. The fourth-order valence-corrected chi connectivity index (χ4v) is 2.88. The third kappa shape index (κ3) is 21.9. The van der Waals surface area contributed by atoms with E-state index in [2.05, 4.69) is 38.3 Å². The third-order valence-corrected chi connectivity index (χ3v) is 4.47. The Morgan fingerprint density at radius 3 is 1.79 bits per heavy atom. The molecule has 0 spiro atoms. The monoisotopic (exact) mass is 342 g/mol. The Bertz CT molecular complexity index is 187. The molecule has 0 aromatic carbocycles. The van der Waals surface area contributed by atoms with Crippen LogP contribution in [0.4, 0.5) is 0 Å². The van der Waals surface area contributed by atoms with Crippen LogP contribution in [0.15, 0.2) is 0 Å². The zero-order valence-electron chi connectivity index (χ0n) is 18.1. The highest BCUT2D eigenvalue weighted by Crippen LogP contribution is 2.15. The number of nitrogens with one attached hydrogen (secondary N) is 2. The topological polar surface area (TPSA) is 24.1 Å². The number of hydrogen-bond acceptors (Lipinski definition) is 2. The van der Waals surface area contributed by atoms with Crippen molar-refractivity contribution in [3.8, 4) is 0 Å². The van der Waals surface area contributed by atoms with Gasteiger partial charge in [0.15, 0.2) is 0 Å². The molecule has 148 valence electrons. The molecule has 2 aliphatic rings. The van der Waals surface area contributed by atoms with Crippen LogP contribution in [-0.4, -0.2) is 26.2 Å². The van der Waals surface area contributed by atoms with Crippen LogP contribution in [0.2, 0.25) is 0 Å². The van der Waals surface area contributed by atoms with E-state index in [0.717, 1.165) is 11.8 Å². The Kier molecular flexibility index (Phi) is 25.0. The molecule has 0 radical (unpaired) electrons. The van der Waals surface area contributed by atoms with Crippen LogP contribution in [0.5, 0.6) is 0 Å². The predicted octanol–water partition coefficient (Wildman–Crippen LogP) is 6.40. The Morgan fingerprint density at radius 2 is 1.46 bits per heavy atom. The average molecular weight is 343 g/mol. The lowest BCUT2D eigenvalue weighted by Gasteiger charge is -2.05. The zero-order valence-corrected chi connectivity index (χ0v) is 18.1. The third-order valence-electron chi connectivity index (χ3n) is 4.47. The van der Waals surface area contributed by atoms with Crippen LogP contribution in [-0.2, 0) is 0 Å². The molecule has 1 unspecified atom stereocenters.